The number of fused-ring (bicyclic) bond motifs is 1. The molecule has 0 aliphatic rings. The number of aromatic nitrogens is 2. The van der Waals surface area contributed by atoms with Crippen molar-refractivity contribution in [2.45, 2.75) is 39.2 Å². The van der Waals surface area contributed by atoms with Gasteiger partial charge in [-0.1, -0.05) is 25.5 Å². The minimum absolute atomic E-state index is 0.0235. The molecule has 0 aliphatic heterocycles. The van der Waals surface area contributed by atoms with E-state index >= 15 is 0 Å². The van der Waals surface area contributed by atoms with Crippen molar-refractivity contribution in [1.82, 2.24) is 15.1 Å². The summed E-state index contributed by atoms with van der Waals surface area (Å²) in [6, 6.07) is 6.72. The SMILES string of the molecule is CCCCNC(=O)CCCn1[nH]c(=O)c2ccccc2c1=O. The van der Waals surface area contributed by atoms with Gasteiger partial charge >= 0.3 is 0 Å². The lowest BCUT2D eigenvalue weighted by Crippen LogP contribution is -2.30. The average molecular weight is 303 g/mol. The largest absolute Gasteiger partial charge is 0.356 e. The van der Waals surface area contributed by atoms with Gasteiger partial charge in [0.25, 0.3) is 11.1 Å². The Morgan fingerprint density at radius 1 is 1.18 bits per heavy atom. The predicted molar refractivity (Wildman–Crippen MR) is 86.0 cm³/mol. The van der Waals surface area contributed by atoms with Gasteiger partial charge in [-0.3, -0.25) is 19.5 Å². The number of aromatic amines is 1. The number of carbonyl (C=O) groups is 1. The molecule has 1 aromatic heterocycles. The van der Waals surface area contributed by atoms with Crippen LogP contribution >= 0.6 is 0 Å². The molecule has 1 amide bonds. The van der Waals surface area contributed by atoms with E-state index < -0.39 is 0 Å². The number of amides is 1. The van der Waals surface area contributed by atoms with Crippen LogP contribution in [0.3, 0.4) is 0 Å². The fourth-order valence-electron chi connectivity index (χ4n) is 2.29. The second-order valence-electron chi connectivity index (χ2n) is 5.25. The number of nitrogens with one attached hydrogen (secondary N) is 2. The maximum atomic E-state index is 12.3. The van der Waals surface area contributed by atoms with E-state index in [0.717, 1.165) is 12.8 Å². The fourth-order valence-corrected chi connectivity index (χ4v) is 2.29. The summed E-state index contributed by atoms with van der Waals surface area (Å²) in [5.41, 5.74) is -0.524. The summed E-state index contributed by atoms with van der Waals surface area (Å²) in [5.74, 6) is -0.0235. The van der Waals surface area contributed by atoms with Gasteiger partial charge in [-0.2, -0.15) is 0 Å². The zero-order valence-electron chi connectivity index (χ0n) is 12.7. The first-order valence-corrected chi connectivity index (χ1v) is 7.62. The number of aryl methyl sites for hydroxylation is 1. The molecule has 6 nitrogen and oxygen atoms in total. The van der Waals surface area contributed by atoms with Crippen molar-refractivity contribution >= 4 is 16.7 Å². The minimum Gasteiger partial charge on any atom is -0.356 e. The topological polar surface area (TPSA) is 84.0 Å². The van der Waals surface area contributed by atoms with Crippen LogP contribution < -0.4 is 16.4 Å². The molecule has 0 radical (unpaired) electrons. The first kappa shape index (κ1) is 16.0. The lowest BCUT2D eigenvalue weighted by atomic mass is 10.2. The van der Waals surface area contributed by atoms with Crippen molar-refractivity contribution in [1.29, 1.82) is 0 Å². The van der Waals surface area contributed by atoms with Gasteiger partial charge in [-0.15, -0.1) is 0 Å². The van der Waals surface area contributed by atoms with E-state index in [4.69, 9.17) is 0 Å². The highest BCUT2D eigenvalue weighted by Crippen LogP contribution is 2.02. The molecule has 0 spiro atoms. The maximum Gasteiger partial charge on any atom is 0.273 e. The number of hydrogen-bond acceptors (Lipinski definition) is 3. The van der Waals surface area contributed by atoms with Crippen LogP contribution in [0.1, 0.15) is 32.6 Å². The van der Waals surface area contributed by atoms with Gasteiger partial charge in [-0.25, -0.2) is 4.68 Å². The van der Waals surface area contributed by atoms with Crippen molar-refractivity contribution in [3.05, 3.63) is 45.0 Å². The first-order chi connectivity index (χ1) is 10.6. The van der Waals surface area contributed by atoms with E-state index in [1.54, 1.807) is 24.3 Å². The van der Waals surface area contributed by atoms with Crippen molar-refractivity contribution in [2.75, 3.05) is 6.54 Å². The molecule has 2 rings (SSSR count). The van der Waals surface area contributed by atoms with Gasteiger partial charge < -0.3 is 5.32 Å². The molecule has 1 aromatic carbocycles. The zero-order chi connectivity index (χ0) is 15.9. The zero-order valence-corrected chi connectivity index (χ0v) is 12.7. The summed E-state index contributed by atoms with van der Waals surface area (Å²) in [6.07, 6.45) is 2.84. The van der Waals surface area contributed by atoms with Gasteiger partial charge in [0.15, 0.2) is 0 Å². The fraction of sp³-hybridized carbons (Fsp3) is 0.438. The Balaban J connectivity index is 2.01. The van der Waals surface area contributed by atoms with Crippen molar-refractivity contribution in [3.8, 4) is 0 Å². The van der Waals surface area contributed by atoms with Crippen LogP contribution in [0.5, 0.6) is 0 Å². The standard InChI is InChI=1S/C16H21N3O3/c1-2-3-10-17-14(20)9-6-11-19-16(22)13-8-5-4-7-12(13)15(21)18-19/h4-5,7-8H,2-3,6,9-11H2,1H3,(H,17,20)(H,18,21). The molecule has 22 heavy (non-hydrogen) atoms. The quantitative estimate of drug-likeness (QED) is 0.758. The Bertz CT molecular complexity index is 761. The van der Waals surface area contributed by atoms with Crippen molar-refractivity contribution < 1.29 is 4.79 Å². The summed E-state index contributed by atoms with van der Waals surface area (Å²) in [4.78, 5) is 35.8. The van der Waals surface area contributed by atoms with Gasteiger partial charge in [0.1, 0.15) is 0 Å². The van der Waals surface area contributed by atoms with Crippen molar-refractivity contribution in [3.63, 3.8) is 0 Å². The van der Waals surface area contributed by atoms with Gasteiger partial charge in [0.2, 0.25) is 5.91 Å². The molecule has 118 valence electrons. The van der Waals surface area contributed by atoms with Gasteiger partial charge in [0, 0.05) is 19.5 Å². The van der Waals surface area contributed by atoms with Crippen LogP contribution in [-0.2, 0) is 11.3 Å². The molecule has 0 fully saturated rings. The van der Waals surface area contributed by atoms with E-state index in [9.17, 15) is 14.4 Å². The Morgan fingerprint density at radius 2 is 1.91 bits per heavy atom. The lowest BCUT2D eigenvalue weighted by molar-refractivity contribution is -0.121. The van der Waals surface area contributed by atoms with Crippen molar-refractivity contribution in [2.24, 2.45) is 0 Å². The van der Waals surface area contributed by atoms with Crippen LogP contribution in [0.25, 0.3) is 10.8 Å². The third-order valence-corrected chi connectivity index (χ3v) is 3.52. The Labute approximate surface area is 128 Å². The third kappa shape index (κ3) is 3.84. The smallest absolute Gasteiger partial charge is 0.273 e. The second kappa shape index (κ2) is 7.59. The maximum absolute atomic E-state index is 12.3. The molecular weight excluding hydrogens is 282 g/mol. The van der Waals surface area contributed by atoms with Crippen LogP contribution in [-0.4, -0.2) is 22.2 Å². The molecular formula is C16H21N3O3. The number of benzene rings is 1. The molecule has 0 aliphatic carbocycles. The molecule has 0 unspecified atom stereocenters. The molecule has 2 aromatic rings. The van der Waals surface area contributed by atoms with Gasteiger partial charge in [0.05, 0.1) is 10.8 Å². The molecule has 0 atom stereocenters. The molecule has 1 heterocycles. The van der Waals surface area contributed by atoms with E-state index in [-0.39, 0.29) is 17.0 Å². The molecule has 6 heteroatoms. The summed E-state index contributed by atoms with van der Waals surface area (Å²) in [5, 5.41) is 6.18. The highest BCUT2D eigenvalue weighted by molar-refractivity contribution is 5.80. The number of nitrogens with zero attached hydrogens (tertiary/aromatic N) is 1. The average Bonchev–Trinajstić information content (AvgIpc) is 2.52. The summed E-state index contributed by atoms with van der Waals surface area (Å²) in [6.45, 7) is 3.07. The number of carbonyl (C=O) groups excluding carboxylic acids is 1. The number of rotatable bonds is 7. The van der Waals surface area contributed by atoms with E-state index in [2.05, 4.69) is 17.3 Å². The predicted octanol–water partition coefficient (Wildman–Crippen LogP) is 1.39. The van der Waals surface area contributed by atoms with Crippen LogP contribution in [0.4, 0.5) is 0 Å². The molecule has 0 saturated heterocycles. The summed E-state index contributed by atoms with van der Waals surface area (Å²) < 4.78 is 1.28. The van der Waals surface area contributed by atoms with Crippen LogP contribution in [0.2, 0.25) is 0 Å². The second-order valence-corrected chi connectivity index (χ2v) is 5.25. The Kier molecular flexibility index (Phi) is 5.52. The third-order valence-electron chi connectivity index (χ3n) is 3.52. The minimum atomic E-state index is -0.289. The van der Waals surface area contributed by atoms with Gasteiger partial charge in [-0.05, 0) is 25.0 Å². The van der Waals surface area contributed by atoms with E-state index in [0.29, 0.717) is 36.7 Å². The highest BCUT2D eigenvalue weighted by Gasteiger charge is 2.07. The number of unbranched alkanes of at least 4 members (excludes halogenated alkanes) is 1. The monoisotopic (exact) mass is 303 g/mol. The molecule has 0 bridgehead atoms. The lowest BCUT2D eigenvalue weighted by Gasteiger charge is -2.07. The summed E-state index contributed by atoms with van der Waals surface area (Å²) in [7, 11) is 0. The van der Waals surface area contributed by atoms with Crippen LogP contribution in [0, 0.1) is 0 Å². The first-order valence-electron chi connectivity index (χ1n) is 7.62. The molecule has 2 N–H and O–H groups in total. The van der Waals surface area contributed by atoms with Crippen LogP contribution in [0.15, 0.2) is 33.9 Å². The Hall–Kier alpha value is -2.37. The highest BCUT2D eigenvalue weighted by atomic mass is 16.2. The normalized spacial score (nSPS) is 10.8. The number of H-pyrrole nitrogens is 1. The van der Waals surface area contributed by atoms with E-state index in [1.807, 2.05) is 0 Å². The molecule has 0 saturated carbocycles. The Morgan fingerprint density at radius 3 is 2.64 bits per heavy atom. The van der Waals surface area contributed by atoms with E-state index in [1.165, 1.54) is 4.68 Å². The number of hydrogen-bond donors (Lipinski definition) is 2. The summed E-state index contributed by atoms with van der Waals surface area (Å²) >= 11 is 0.